The van der Waals surface area contributed by atoms with Crippen LogP contribution in [0.2, 0.25) is 0 Å². The predicted molar refractivity (Wildman–Crippen MR) is 119 cm³/mol. The fraction of sp³-hybridized carbons (Fsp3) is 0.640. The van der Waals surface area contributed by atoms with Crippen molar-refractivity contribution in [2.45, 2.75) is 85.0 Å². The van der Waals surface area contributed by atoms with Crippen molar-refractivity contribution in [3.8, 4) is 5.75 Å². The van der Waals surface area contributed by atoms with E-state index in [1.807, 2.05) is 13.8 Å². The van der Waals surface area contributed by atoms with Crippen LogP contribution in [0.25, 0.3) is 0 Å². The summed E-state index contributed by atoms with van der Waals surface area (Å²) < 4.78 is 10.7. The Hall–Kier alpha value is -2.17. The average molecular weight is 419 g/mol. The molecule has 0 saturated carbocycles. The monoisotopic (exact) mass is 418 g/mol. The molecule has 0 saturated heterocycles. The number of carbonyl (C=O) groups is 3. The quantitative estimate of drug-likeness (QED) is 0.178. The van der Waals surface area contributed by atoms with Gasteiger partial charge >= 0.3 is 5.97 Å². The highest BCUT2D eigenvalue weighted by Crippen LogP contribution is 2.18. The lowest BCUT2D eigenvalue weighted by Gasteiger charge is -2.12. The molecule has 1 aromatic carbocycles. The third-order valence-electron chi connectivity index (χ3n) is 5.25. The van der Waals surface area contributed by atoms with Crippen LogP contribution in [0.5, 0.6) is 5.75 Å². The summed E-state index contributed by atoms with van der Waals surface area (Å²) >= 11 is 0. The second-order valence-electron chi connectivity index (χ2n) is 7.55. The van der Waals surface area contributed by atoms with E-state index in [9.17, 15) is 14.4 Å². The molecule has 1 aromatic rings. The fourth-order valence-corrected chi connectivity index (χ4v) is 3.42. The first-order valence-electron chi connectivity index (χ1n) is 11.5. The van der Waals surface area contributed by atoms with E-state index in [1.54, 1.807) is 31.2 Å². The second kappa shape index (κ2) is 15.6. The molecular formula is C25H38O5. The Morgan fingerprint density at radius 1 is 0.767 bits per heavy atom. The number of carbonyl (C=O) groups excluding carboxylic acids is 3. The summed E-state index contributed by atoms with van der Waals surface area (Å²) in [7, 11) is 0. The van der Waals surface area contributed by atoms with Crippen LogP contribution < -0.4 is 4.74 Å². The van der Waals surface area contributed by atoms with Crippen LogP contribution in [0.3, 0.4) is 0 Å². The van der Waals surface area contributed by atoms with E-state index in [4.69, 9.17) is 9.47 Å². The molecule has 0 aliphatic heterocycles. The van der Waals surface area contributed by atoms with E-state index in [0.29, 0.717) is 38.0 Å². The maximum Gasteiger partial charge on any atom is 0.338 e. The predicted octanol–water partition coefficient (Wildman–Crippen LogP) is 5.94. The van der Waals surface area contributed by atoms with Crippen molar-refractivity contribution in [1.29, 1.82) is 0 Å². The minimum absolute atomic E-state index is 0.0948. The molecular weight excluding hydrogens is 380 g/mol. The zero-order valence-electron chi connectivity index (χ0n) is 18.9. The molecule has 5 nitrogen and oxygen atoms in total. The first kappa shape index (κ1) is 25.9. The number of hydrogen-bond acceptors (Lipinski definition) is 5. The van der Waals surface area contributed by atoms with Gasteiger partial charge in [-0.1, -0.05) is 52.4 Å². The van der Waals surface area contributed by atoms with Gasteiger partial charge in [-0.3, -0.25) is 9.59 Å². The highest BCUT2D eigenvalue weighted by Gasteiger charge is 2.22. The Bertz CT molecular complexity index is 619. The van der Waals surface area contributed by atoms with Gasteiger partial charge in [0.1, 0.15) is 17.3 Å². The van der Waals surface area contributed by atoms with Crippen LogP contribution in [0.4, 0.5) is 0 Å². The maximum absolute atomic E-state index is 11.9. The Morgan fingerprint density at radius 3 is 1.83 bits per heavy atom. The maximum atomic E-state index is 11.9. The first-order valence-corrected chi connectivity index (χ1v) is 11.5. The molecule has 0 spiro atoms. The Balaban J connectivity index is 2.07. The van der Waals surface area contributed by atoms with E-state index < -0.39 is 0 Å². The van der Waals surface area contributed by atoms with Gasteiger partial charge in [-0.25, -0.2) is 4.79 Å². The van der Waals surface area contributed by atoms with E-state index >= 15 is 0 Å². The summed E-state index contributed by atoms with van der Waals surface area (Å²) in [6.07, 6.45) is 9.23. The zero-order chi connectivity index (χ0) is 22.2. The molecule has 0 amide bonds. The summed E-state index contributed by atoms with van der Waals surface area (Å²) in [4.78, 5) is 35.4. The number of ketones is 2. The minimum Gasteiger partial charge on any atom is -0.494 e. The SMILES string of the molecule is CCOC(=O)c1ccc(OCCCCCCCCCC(C(=O)CC)C(=O)CC)cc1. The molecule has 0 N–H and O–H groups in total. The van der Waals surface area contributed by atoms with E-state index in [2.05, 4.69) is 0 Å². The largest absolute Gasteiger partial charge is 0.494 e. The smallest absolute Gasteiger partial charge is 0.338 e. The van der Waals surface area contributed by atoms with Gasteiger partial charge in [0.15, 0.2) is 0 Å². The normalized spacial score (nSPS) is 10.8. The molecule has 5 heteroatoms. The highest BCUT2D eigenvalue weighted by molar-refractivity contribution is 6.02. The number of unbranched alkanes of at least 4 members (excludes halogenated alkanes) is 6. The van der Waals surface area contributed by atoms with Crippen molar-refractivity contribution in [2.75, 3.05) is 13.2 Å². The van der Waals surface area contributed by atoms with Crippen molar-refractivity contribution >= 4 is 17.5 Å². The van der Waals surface area contributed by atoms with Gasteiger partial charge in [-0.05, 0) is 44.0 Å². The number of ether oxygens (including phenoxy) is 2. The highest BCUT2D eigenvalue weighted by atomic mass is 16.5. The Kier molecular flexibility index (Phi) is 13.5. The van der Waals surface area contributed by atoms with Crippen molar-refractivity contribution < 1.29 is 23.9 Å². The molecule has 0 unspecified atom stereocenters. The van der Waals surface area contributed by atoms with Crippen LogP contribution in [0.1, 0.15) is 95.3 Å². The molecule has 0 radical (unpaired) electrons. The average Bonchev–Trinajstić information content (AvgIpc) is 2.77. The molecule has 0 aliphatic carbocycles. The van der Waals surface area contributed by atoms with Gasteiger partial charge in [0.25, 0.3) is 0 Å². The number of hydrogen-bond donors (Lipinski definition) is 0. The fourth-order valence-electron chi connectivity index (χ4n) is 3.42. The zero-order valence-corrected chi connectivity index (χ0v) is 18.9. The molecule has 30 heavy (non-hydrogen) atoms. The van der Waals surface area contributed by atoms with Crippen molar-refractivity contribution in [3.05, 3.63) is 29.8 Å². The molecule has 0 aromatic heterocycles. The molecule has 0 heterocycles. The van der Waals surface area contributed by atoms with E-state index in [-0.39, 0.29) is 23.5 Å². The number of esters is 1. The third kappa shape index (κ3) is 10.0. The number of benzene rings is 1. The van der Waals surface area contributed by atoms with Crippen LogP contribution in [-0.2, 0) is 14.3 Å². The minimum atomic E-state index is -0.372. The van der Waals surface area contributed by atoms with Gasteiger partial charge < -0.3 is 9.47 Å². The lowest BCUT2D eigenvalue weighted by Crippen LogP contribution is -2.22. The van der Waals surface area contributed by atoms with Gasteiger partial charge in [0.05, 0.1) is 24.7 Å². The molecule has 0 aliphatic rings. The summed E-state index contributed by atoms with van der Waals surface area (Å²) in [5.41, 5.74) is 0.536. The Labute approximate surface area is 181 Å². The van der Waals surface area contributed by atoms with E-state index in [1.165, 1.54) is 6.42 Å². The molecule has 1 rings (SSSR count). The summed E-state index contributed by atoms with van der Waals surface area (Å²) in [5, 5.41) is 0. The van der Waals surface area contributed by atoms with Gasteiger partial charge in [-0.15, -0.1) is 0 Å². The van der Waals surface area contributed by atoms with Crippen molar-refractivity contribution in [1.82, 2.24) is 0 Å². The topological polar surface area (TPSA) is 69.7 Å². The van der Waals surface area contributed by atoms with Crippen molar-refractivity contribution in [2.24, 2.45) is 5.92 Å². The lowest BCUT2D eigenvalue weighted by atomic mass is 9.90. The van der Waals surface area contributed by atoms with E-state index in [0.717, 1.165) is 44.3 Å². The standard InChI is InChI=1S/C25H38O5/c1-4-23(26)22(24(27)5-2)14-12-10-8-7-9-11-13-19-30-21-17-15-20(16-18-21)25(28)29-6-3/h15-18,22H,4-14,19H2,1-3H3. The molecule has 0 bridgehead atoms. The van der Waals surface area contributed by atoms with Gasteiger partial charge in [0, 0.05) is 12.8 Å². The van der Waals surface area contributed by atoms with Crippen LogP contribution in [-0.4, -0.2) is 30.7 Å². The van der Waals surface area contributed by atoms with Crippen molar-refractivity contribution in [3.63, 3.8) is 0 Å². The number of rotatable bonds is 17. The Morgan fingerprint density at radius 2 is 1.30 bits per heavy atom. The van der Waals surface area contributed by atoms with Gasteiger partial charge in [-0.2, -0.15) is 0 Å². The molecule has 0 fully saturated rings. The molecule has 0 atom stereocenters. The lowest BCUT2D eigenvalue weighted by molar-refractivity contribution is -0.132. The second-order valence-corrected chi connectivity index (χ2v) is 7.55. The summed E-state index contributed by atoms with van der Waals surface area (Å²) in [6.45, 7) is 6.49. The summed E-state index contributed by atoms with van der Waals surface area (Å²) in [6, 6.07) is 7.04. The van der Waals surface area contributed by atoms with Crippen LogP contribution >= 0.6 is 0 Å². The van der Waals surface area contributed by atoms with Crippen LogP contribution in [0, 0.1) is 5.92 Å². The first-order chi connectivity index (χ1) is 14.5. The third-order valence-corrected chi connectivity index (χ3v) is 5.25. The van der Waals surface area contributed by atoms with Crippen LogP contribution in [0.15, 0.2) is 24.3 Å². The van der Waals surface area contributed by atoms with Gasteiger partial charge in [0.2, 0.25) is 0 Å². The summed E-state index contributed by atoms with van der Waals surface area (Å²) in [5.74, 6) is 0.271. The number of Topliss-reactive ketones (excluding diaryl/α,β-unsaturated/α-hetero) is 2. The molecule has 168 valence electrons.